The third-order valence-corrected chi connectivity index (χ3v) is 5.73. The summed E-state index contributed by atoms with van der Waals surface area (Å²) < 4.78 is 66.3. The van der Waals surface area contributed by atoms with Crippen LogP contribution >= 0.6 is 0 Å². The van der Waals surface area contributed by atoms with Gasteiger partial charge in [0.15, 0.2) is 5.82 Å². The number of aromatic nitrogens is 3. The number of hydrogen-bond donors (Lipinski definition) is 0. The van der Waals surface area contributed by atoms with E-state index in [-0.39, 0.29) is 11.4 Å². The number of fused-ring (bicyclic) bond motifs is 1. The average molecular weight is 471 g/mol. The van der Waals surface area contributed by atoms with Gasteiger partial charge in [-0.15, -0.1) is 0 Å². The smallest absolute Gasteiger partial charge is 0.353 e. The van der Waals surface area contributed by atoms with Gasteiger partial charge in [0.2, 0.25) is 0 Å². The molecule has 4 aromatic rings. The summed E-state index contributed by atoms with van der Waals surface area (Å²) in [6.07, 6.45) is -3.59. The van der Waals surface area contributed by atoms with Gasteiger partial charge in [0.1, 0.15) is 23.3 Å². The Morgan fingerprint density at radius 3 is 2.21 bits per heavy atom. The van der Waals surface area contributed by atoms with E-state index in [2.05, 4.69) is 15.0 Å². The van der Waals surface area contributed by atoms with Gasteiger partial charge in [-0.25, -0.2) is 23.7 Å². The summed E-state index contributed by atoms with van der Waals surface area (Å²) in [5.74, 6) is -0.202. The molecule has 0 spiro atoms. The van der Waals surface area contributed by atoms with E-state index >= 15 is 0 Å². The first kappa shape index (κ1) is 22.0. The van der Waals surface area contributed by atoms with Gasteiger partial charge in [-0.05, 0) is 36.4 Å². The molecule has 5 nitrogen and oxygen atoms in total. The number of rotatable bonds is 3. The number of alkyl halides is 3. The summed E-state index contributed by atoms with van der Waals surface area (Å²) >= 11 is 0. The highest BCUT2D eigenvalue weighted by Gasteiger charge is 2.31. The maximum absolute atomic E-state index is 14.4. The van der Waals surface area contributed by atoms with Crippen LogP contribution in [0.1, 0.15) is 5.56 Å². The Kier molecular flexibility index (Phi) is 5.51. The lowest BCUT2D eigenvalue weighted by molar-refractivity contribution is -0.137. The highest BCUT2D eigenvalue weighted by Crippen LogP contribution is 2.31. The molecule has 0 amide bonds. The summed E-state index contributed by atoms with van der Waals surface area (Å²) in [7, 11) is 0. The molecule has 0 N–H and O–H groups in total. The number of benzene rings is 2. The molecule has 34 heavy (non-hydrogen) atoms. The van der Waals surface area contributed by atoms with Crippen molar-refractivity contribution in [1.29, 1.82) is 0 Å². The van der Waals surface area contributed by atoms with Crippen molar-refractivity contribution < 1.29 is 22.0 Å². The fourth-order valence-electron chi connectivity index (χ4n) is 3.98. The van der Waals surface area contributed by atoms with Crippen LogP contribution in [-0.2, 0) is 6.18 Å². The maximum atomic E-state index is 14.4. The fraction of sp³-hybridized carbons (Fsp3) is 0.208. The molecule has 1 aliphatic rings. The number of anilines is 2. The second kappa shape index (κ2) is 8.51. The number of pyridine rings is 1. The first-order valence-electron chi connectivity index (χ1n) is 10.5. The summed E-state index contributed by atoms with van der Waals surface area (Å²) in [6, 6.07) is 13.0. The van der Waals surface area contributed by atoms with Crippen LogP contribution in [0.4, 0.5) is 33.6 Å². The van der Waals surface area contributed by atoms with Gasteiger partial charge in [0.05, 0.1) is 16.6 Å². The Bertz CT molecular complexity index is 1330. The normalized spacial score (nSPS) is 14.6. The third-order valence-electron chi connectivity index (χ3n) is 5.73. The largest absolute Gasteiger partial charge is 0.417 e. The van der Waals surface area contributed by atoms with E-state index in [9.17, 15) is 22.0 Å². The van der Waals surface area contributed by atoms with Crippen molar-refractivity contribution in [2.45, 2.75) is 6.18 Å². The van der Waals surface area contributed by atoms with Crippen molar-refractivity contribution in [3.05, 3.63) is 78.0 Å². The highest BCUT2D eigenvalue weighted by molar-refractivity contribution is 5.91. The van der Waals surface area contributed by atoms with E-state index in [0.717, 1.165) is 29.8 Å². The molecule has 0 radical (unpaired) electrons. The van der Waals surface area contributed by atoms with Gasteiger partial charge in [-0.2, -0.15) is 13.2 Å². The second-order valence-electron chi connectivity index (χ2n) is 7.89. The predicted molar refractivity (Wildman–Crippen MR) is 119 cm³/mol. The van der Waals surface area contributed by atoms with Crippen molar-refractivity contribution >= 4 is 22.5 Å². The van der Waals surface area contributed by atoms with Gasteiger partial charge >= 0.3 is 6.18 Å². The fourth-order valence-corrected chi connectivity index (χ4v) is 3.98. The van der Waals surface area contributed by atoms with Crippen LogP contribution in [0.15, 0.2) is 60.8 Å². The van der Waals surface area contributed by atoms with Crippen LogP contribution < -0.4 is 9.80 Å². The number of hydrogen-bond acceptors (Lipinski definition) is 5. The van der Waals surface area contributed by atoms with Crippen molar-refractivity contribution in [3.8, 4) is 11.4 Å². The Morgan fingerprint density at radius 1 is 0.794 bits per heavy atom. The molecule has 1 aliphatic heterocycles. The zero-order valence-corrected chi connectivity index (χ0v) is 17.7. The number of para-hydroxylation sites is 1. The number of nitrogens with zero attached hydrogens (tertiary/aromatic N) is 5. The molecule has 0 atom stereocenters. The van der Waals surface area contributed by atoms with E-state index in [4.69, 9.17) is 0 Å². The summed E-state index contributed by atoms with van der Waals surface area (Å²) in [4.78, 5) is 17.0. The third kappa shape index (κ3) is 4.23. The average Bonchev–Trinajstić information content (AvgIpc) is 2.83. The molecule has 0 unspecified atom stereocenters. The predicted octanol–water partition coefficient (Wildman–Crippen LogP) is 5.32. The summed E-state index contributed by atoms with van der Waals surface area (Å²) in [6.45, 7) is 2.07. The van der Waals surface area contributed by atoms with Crippen LogP contribution in [0, 0.1) is 11.6 Å². The Hall–Kier alpha value is -3.82. The number of piperazine rings is 1. The molecule has 2 aromatic carbocycles. The minimum absolute atomic E-state index is 0.0981. The zero-order valence-electron chi connectivity index (χ0n) is 17.7. The minimum atomic E-state index is -4.43. The Labute approximate surface area is 191 Å². The molecule has 5 rings (SSSR count). The van der Waals surface area contributed by atoms with Gasteiger partial charge in [-0.1, -0.05) is 12.1 Å². The molecular formula is C24H18F5N5. The molecule has 0 bridgehead atoms. The monoisotopic (exact) mass is 471 g/mol. The van der Waals surface area contributed by atoms with Crippen LogP contribution in [0.25, 0.3) is 22.3 Å². The second-order valence-corrected chi connectivity index (χ2v) is 7.89. The molecule has 2 aromatic heterocycles. The van der Waals surface area contributed by atoms with Gasteiger partial charge in [0.25, 0.3) is 0 Å². The van der Waals surface area contributed by atoms with Crippen LogP contribution in [0.5, 0.6) is 0 Å². The molecule has 1 fully saturated rings. The highest BCUT2D eigenvalue weighted by atomic mass is 19.4. The summed E-state index contributed by atoms with van der Waals surface area (Å²) in [5.41, 5.74) is -0.0676. The minimum Gasteiger partial charge on any atom is -0.353 e. The zero-order chi connectivity index (χ0) is 23.9. The van der Waals surface area contributed by atoms with Crippen molar-refractivity contribution in [1.82, 2.24) is 15.0 Å². The van der Waals surface area contributed by atoms with Gasteiger partial charge < -0.3 is 9.80 Å². The van der Waals surface area contributed by atoms with E-state index in [1.165, 1.54) is 12.1 Å². The molecule has 3 heterocycles. The Morgan fingerprint density at radius 2 is 1.53 bits per heavy atom. The standard InChI is InChI=1S/C24H18F5N5/c25-16-6-7-17(19(26)13-16)22-31-20-4-2-1-3-18(20)23(32-22)34-11-9-33(10-12-34)21-8-5-15(14-30-21)24(27,28)29/h1-8,13-14H,9-12H2. The molecule has 174 valence electrons. The van der Waals surface area contributed by atoms with Gasteiger partial charge in [-0.3, -0.25) is 0 Å². The van der Waals surface area contributed by atoms with Crippen LogP contribution in [0.2, 0.25) is 0 Å². The lowest BCUT2D eigenvalue weighted by atomic mass is 10.1. The van der Waals surface area contributed by atoms with E-state index in [0.29, 0.717) is 43.3 Å². The van der Waals surface area contributed by atoms with E-state index < -0.39 is 23.4 Å². The lowest BCUT2D eigenvalue weighted by Gasteiger charge is -2.36. The van der Waals surface area contributed by atoms with Crippen molar-refractivity contribution in [2.75, 3.05) is 36.0 Å². The van der Waals surface area contributed by atoms with Crippen LogP contribution in [-0.4, -0.2) is 41.1 Å². The van der Waals surface area contributed by atoms with Gasteiger partial charge in [0, 0.05) is 43.8 Å². The SMILES string of the molecule is Fc1ccc(-c2nc(N3CCN(c4ccc(C(F)(F)F)cn4)CC3)c3ccccc3n2)c(F)c1. The molecular weight excluding hydrogens is 453 g/mol. The van der Waals surface area contributed by atoms with E-state index in [1.807, 2.05) is 28.0 Å². The first-order valence-corrected chi connectivity index (χ1v) is 10.5. The topological polar surface area (TPSA) is 45.2 Å². The quantitative estimate of drug-likeness (QED) is 0.379. The Balaban J connectivity index is 1.42. The van der Waals surface area contributed by atoms with Crippen molar-refractivity contribution in [2.24, 2.45) is 0 Å². The molecule has 0 aliphatic carbocycles. The van der Waals surface area contributed by atoms with Crippen molar-refractivity contribution in [3.63, 3.8) is 0 Å². The molecule has 10 heteroatoms. The maximum Gasteiger partial charge on any atom is 0.417 e. The molecule has 1 saturated heterocycles. The van der Waals surface area contributed by atoms with E-state index in [1.54, 1.807) is 6.07 Å². The summed E-state index contributed by atoms with van der Waals surface area (Å²) in [5, 5.41) is 0.787. The number of halogens is 5. The molecule has 0 saturated carbocycles. The van der Waals surface area contributed by atoms with Crippen LogP contribution in [0.3, 0.4) is 0 Å². The first-order chi connectivity index (χ1) is 16.3. The lowest BCUT2D eigenvalue weighted by Crippen LogP contribution is -2.47.